The molecule has 1 aromatic carbocycles. The van der Waals surface area contributed by atoms with Gasteiger partial charge in [-0.25, -0.2) is 0 Å². The van der Waals surface area contributed by atoms with Crippen molar-refractivity contribution in [2.75, 3.05) is 0 Å². The van der Waals surface area contributed by atoms with Crippen molar-refractivity contribution in [3.63, 3.8) is 0 Å². The van der Waals surface area contributed by atoms with Gasteiger partial charge in [0.05, 0.1) is 11.1 Å². The molecular formula is C11H8ClF2NO. The minimum atomic E-state index is -2.85. The number of benzene rings is 1. The fraction of sp³-hybridized carbons (Fsp3) is 0.182. The summed E-state index contributed by atoms with van der Waals surface area (Å²) in [4.78, 5) is 0. The number of allylic oxidation sites excluding steroid dienone is 1. The van der Waals surface area contributed by atoms with Gasteiger partial charge in [0.1, 0.15) is 5.75 Å². The molecule has 0 aliphatic carbocycles. The first kappa shape index (κ1) is 12.5. The van der Waals surface area contributed by atoms with Crippen LogP contribution < -0.4 is 4.74 Å². The van der Waals surface area contributed by atoms with Crippen molar-refractivity contribution in [3.8, 4) is 11.8 Å². The highest BCUT2D eigenvalue weighted by Crippen LogP contribution is 2.25. The van der Waals surface area contributed by atoms with Crippen LogP contribution in [0.3, 0.4) is 0 Å². The largest absolute Gasteiger partial charge is 0.435 e. The summed E-state index contributed by atoms with van der Waals surface area (Å²) in [5.74, 6) is 0.0535. The van der Waals surface area contributed by atoms with Gasteiger partial charge < -0.3 is 4.74 Å². The molecule has 0 aliphatic rings. The Kier molecular flexibility index (Phi) is 4.27. The van der Waals surface area contributed by atoms with Crippen LogP contribution in [-0.4, -0.2) is 6.61 Å². The van der Waals surface area contributed by atoms with Crippen LogP contribution in [0, 0.1) is 11.3 Å². The monoisotopic (exact) mass is 243 g/mol. The third-order valence-electron chi connectivity index (χ3n) is 1.83. The number of alkyl halides is 2. The summed E-state index contributed by atoms with van der Waals surface area (Å²) in [5, 5.41) is 8.92. The van der Waals surface area contributed by atoms with Crippen LogP contribution in [0.1, 0.15) is 12.5 Å². The fourth-order valence-corrected chi connectivity index (χ4v) is 1.22. The Labute approximate surface area is 96.7 Å². The van der Waals surface area contributed by atoms with E-state index < -0.39 is 6.61 Å². The molecule has 0 saturated heterocycles. The molecule has 0 atom stereocenters. The average molecular weight is 244 g/mol. The number of nitrogens with zero attached hydrogens (tertiary/aromatic N) is 1. The predicted molar refractivity (Wildman–Crippen MR) is 57.1 cm³/mol. The number of rotatable bonds is 3. The third-order valence-corrected chi connectivity index (χ3v) is 2.33. The molecule has 0 N–H and O–H groups in total. The standard InChI is InChI=1S/C11H8ClF2NO/c1-7(6-15)10(12)8-2-4-9(5-3-8)16-11(13)14/h2-5,11H,1H3. The molecule has 0 bridgehead atoms. The molecule has 0 heterocycles. The first-order valence-electron chi connectivity index (χ1n) is 4.36. The highest BCUT2D eigenvalue weighted by atomic mass is 35.5. The maximum absolute atomic E-state index is 11.9. The van der Waals surface area contributed by atoms with Gasteiger partial charge in [-0.15, -0.1) is 0 Å². The molecule has 0 unspecified atom stereocenters. The van der Waals surface area contributed by atoms with E-state index in [0.29, 0.717) is 16.2 Å². The Balaban J connectivity index is 2.92. The van der Waals surface area contributed by atoms with Crippen molar-refractivity contribution < 1.29 is 13.5 Å². The molecule has 0 saturated carbocycles. The van der Waals surface area contributed by atoms with Gasteiger partial charge in [0.15, 0.2) is 0 Å². The molecule has 0 radical (unpaired) electrons. The lowest BCUT2D eigenvalue weighted by Gasteiger charge is -2.05. The van der Waals surface area contributed by atoms with Crippen LogP contribution in [0.25, 0.3) is 5.03 Å². The number of nitriles is 1. The fourth-order valence-electron chi connectivity index (χ4n) is 1.05. The molecule has 1 aromatic rings. The zero-order chi connectivity index (χ0) is 12.1. The van der Waals surface area contributed by atoms with E-state index in [4.69, 9.17) is 16.9 Å². The molecule has 0 amide bonds. The third kappa shape index (κ3) is 3.21. The maximum atomic E-state index is 11.9. The van der Waals surface area contributed by atoms with E-state index in [0.717, 1.165) is 0 Å². The van der Waals surface area contributed by atoms with E-state index >= 15 is 0 Å². The van der Waals surface area contributed by atoms with Crippen molar-refractivity contribution in [3.05, 3.63) is 35.4 Å². The summed E-state index contributed by atoms with van der Waals surface area (Å²) >= 11 is 5.88. The lowest BCUT2D eigenvalue weighted by molar-refractivity contribution is -0.0498. The maximum Gasteiger partial charge on any atom is 0.387 e. The lowest BCUT2D eigenvalue weighted by Crippen LogP contribution is -2.01. The first-order chi connectivity index (χ1) is 7.54. The zero-order valence-corrected chi connectivity index (χ0v) is 9.13. The van der Waals surface area contributed by atoms with E-state index in [2.05, 4.69) is 4.74 Å². The van der Waals surface area contributed by atoms with Crippen LogP contribution in [-0.2, 0) is 0 Å². The second-order valence-corrected chi connectivity index (χ2v) is 3.33. The molecule has 0 aromatic heterocycles. The molecular weight excluding hydrogens is 236 g/mol. The molecule has 0 fully saturated rings. The molecule has 16 heavy (non-hydrogen) atoms. The van der Waals surface area contributed by atoms with Gasteiger partial charge in [-0.2, -0.15) is 14.0 Å². The van der Waals surface area contributed by atoms with E-state index in [1.165, 1.54) is 24.3 Å². The van der Waals surface area contributed by atoms with Gasteiger partial charge in [0, 0.05) is 5.57 Å². The van der Waals surface area contributed by atoms with Crippen molar-refractivity contribution in [2.45, 2.75) is 13.5 Å². The molecule has 1 rings (SSSR count). The zero-order valence-electron chi connectivity index (χ0n) is 8.38. The topological polar surface area (TPSA) is 33.0 Å². The number of halogens is 3. The molecule has 84 valence electrons. The Morgan fingerprint density at radius 1 is 1.38 bits per heavy atom. The van der Waals surface area contributed by atoms with E-state index in [9.17, 15) is 8.78 Å². The molecule has 5 heteroatoms. The normalized spacial score (nSPS) is 12.0. The quantitative estimate of drug-likeness (QED) is 0.757. The van der Waals surface area contributed by atoms with Crippen LogP contribution in [0.5, 0.6) is 5.75 Å². The Morgan fingerprint density at radius 2 is 1.94 bits per heavy atom. The number of ether oxygens (including phenoxy) is 1. The summed E-state index contributed by atoms with van der Waals surface area (Å²) in [6, 6.07) is 7.68. The van der Waals surface area contributed by atoms with Crippen molar-refractivity contribution in [1.82, 2.24) is 0 Å². The second kappa shape index (κ2) is 5.47. The number of hydrogen-bond acceptors (Lipinski definition) is 2. The molecule has 2 nitrogen and oxygen atoms in total. The van der Waals surface area contributed by atoms with Crippen LogP contribution in [0.15, 0.2) is 29.8 Å². The number of hydrogen-bond donors (Lipinski definition) is 0. The Hall–Kier alpha value is -1.60. The van der Waals surface area contributed by atoms with Crippen LogP contribution in [0.2, 0.25) is 0 Å². The van der Waals surface area contributed by atoms with Gasteiger partial charge in [0.25, 0.3) is 0 Å². The van der Waals surface area contributed by atoms with Gasteiger partial charge in [-0.3, -0.25) is 0 Å². The summed E-state index contributed by atoms with van der Waals surface area (Å²) in [6.45, 7) is -1.27. The van der Waals surface area contributed by atoms with Gasteiger partial charge in [0.2, 0.25) is 0 Å². The minimum Gasteiger partial charge on any atom is -0.435 e. The predicted octanol–water partition coefficient (Wildman–Crippen LogP) is 3.78. The van der Waals surface area contributed by atoms with Gasteiger partial charge >= 0.3 is 6.61 Å². The first-order valence-corrected chi connectivity index (χ1v) is 4.74. The average Bonchev–Trinajstić information content (AvgIpc) is 2.27. The molecule has 0 aliphatic heterocycles. The minimum absolute atomic E-state index is 0.0535. The van der Waals surface area contributed by atoms with Crippen molar-refractivity contribution in [2.24, 2.45) is 0 Å². The summed E-state index contributed by atoms with van der Waals surface area (Å²) in [5.41, 5.74) is 0.950. The smallest absolute Gasteiger partial charge is 0.387 e. The van der Waals surface area contributed by atoms with Gasteiger partial charge in [-0.05, 0) is 36.8 Å². The van der Waals surface area contributed by atoms with E-state index in [1.807, 2.05) is 6.07 Å². The highest BCUT2D eigenvalue weighted by molar-refractivity contribution is 6.49. The summed E-state index contributed by atoms with van der Waals surface area (Å²) in [7, 11) is 0. The molecule has 0 spiro atoms. The lowest BCUT2D eigenvalue weighted by atomic mass is 10.1. The Morgan fingerprint density at radius 3 is 2.38 bits per heavy atom. The summed E-state index contributed by atoms with van der Waals surface area (Å²) < 4.78 is 27.9. The van der Waals surface area contributed by atoms with E-state index in [-0.39, 0.29) is 5.75 Å². The van der Waals surface area contributed by atoms with Gasteiger partial charge in [-0.1, -0.05) is 11.6 Å². The summed E-state index contributed by atoms with van der Waals surface area (Å²) in [6.07, 6.45) is 0. The second-order valence-electron chi connectivity index (χ2n) is 2.95. The SMILES string of the molecule is CC(C#N)=C(Cl)c1ccc(OC(F)F)cc1. The van der Waals surface area contributed by atoms with Crippen molar-refractivity contribution in [1.29, 1.82) is 5.26 Å². The van der Waals surface area contributed by atoms with Crippen LogP contribution >= 0.6 is 11.6 Å². The van der Waals surface area contributed by atoms with Crippen LogP contribution in [0.4, 0.5) is 8.78 Å². The highest BCUT2D eigenvalue weighted by Gasteiger charge is 2.06. The van der Waals surface area contributed by atoms with Crippen molar-refractivity contribution >= 4 is 16.6 Å². The Bertz CT molecular complexity index is 434. The van der Waals surface area contributed by atoms with E-state index in [1.54, 1.807) is 6.92 Å².